The van der Waals surface area contributed by atoms with Gasteiger partial charge in [0.2, 0.25) is 0 Å². The van der Waals surface area contributed by atoms with E-state index >= 15 is 0 Å². The summed E-state index contributed by atoms with van der Waals surface area (Å²) in [5, 5.41) is 0. The molecule has 0 bridgehead atoms. The first-order valence-electron chi connectivity index (χ1n) is 5.59. The molecular formula is C13H12N4S. The quantitative estimate of drug-likeness (QED) is 0.707. The molecule has 0 saturated heterocycles. The molecule has 1 aromatic carbocycles. The number of nitrogens with one attached hydrogen (secondary N) is 1. The molecule has 90 valence electrons. The summed E-state index contributed by atoms with van der Waals surface area (Å²) in [6.07, 6.45) is 1.78. The van der Waals surface area contributed by atoms with E-state index in [4.69, 9.17) is 5.73 Å². The zero-order valence-corrected chi connectivity index (χ0v) is 10.4. The van der Waals surface area contributed by atoms with Crippen molar-refractivity contribution in [3.05, 3.63) is 48.4 Å². The number of aromatic nitrogens is 3. The summed E-state index contributed by atoms with van der Waals surface area (Å²) in [7, 11) is 0. The van der Waals surface area contributed by atoms with Gasteiger partial charge in [-0.15, -0.1) is 11.8 Å². The van der Waals surface area contributed by atoms with Gasteiger partial charge in [0.05, 0.1) is 16.8 Å². The monoisotopic (exact) mass is 256 g/mol. The van der Waals surface area contributed by atoms with Crippen LogP contribution in [-0.2, 0) is 5.75 Å². The highest BCUT2D eigenvalue weighted by Gasteiger charge is 2.02. The van der Waals surface area contributed by atoms with Gasteiger partial charge in [-0.05, 0) is 24.3 Å². The Bertz CT molecular complexity index is 627. The molecule has 3 rings (SSSR count). The summed E-state index contributed by atoms with van der Waals surface area (Å²) < 4.78 is 0. The van der Waals surface area contributed by atoms with E-state index in [1.54, 1.807) is 24.0 Å². The first-order valence-corrected chi connectivity index (χ1v) is 6.58. The van der Waals surface area contributed by atoms with Crippen molar-refractivity contribution in [2.24, 2.45) is 0 Å². The van der Waals surface area contributed by atoms with Crippen molar-refractivity contribution in [3.8, 4) is 0 Å². The lowest BCUT2D eigenvalue weighted by molar-refractivity contribution is 1.14. The van der Waals surface area contributed by atoms with Gasteiger partial charge in [-0.2, -0.15) is 0 Å². The number of para-hydroxylation sites is 2. The number of H-pyrrole nitrogens is 1. The maximum absolute atomic E-state index is 5.55. The highest BCUT2D eigenvalue weighted by atomic mass is 32.2. The van der Waals surface area contributed by atoms with Gasteiger partial charge in [0.25, 0.3) is 0 Å². The molecule has 0 aliphatic rings. The number of anilines is 1. The van der Waals surface area contributed by atoms with Crippen molar-refractivity contribution >= 4 is 28.6 Å². The molecule has 0 amide bonds. The number of nitrogen functional groups attached to an aromatic ring is 1. The third kappa shape index (κ3) is 2.31. The van der Waals surface area contributed by atoms with Crippen LogP contribution in [0.2, 0.25) is 0 Å². The molecule has 0 radical (unpaired) electrons. The number of hydrogen-bond acceptors (Lipinski definition) is 4. The number of benzene rings is 1. The largest absolute Gasteiger partial charge is 0.384 e. The van der Waals surface area contributed by atoms with Crippen LogP contribution in [0.15, 0.2) is 47.5 Å². The van der Waals surface area contributed by atoms with Crippen molar-refractivity contribution in [3.63, 3.8) is 0 Å². The molecule has 2 heterocycles. The fourth-order valence-corrected chi connectivity index (χ4v) is 2.43. The average molecular weight is 256 g/mol. The molecule has 18 heavy (non-hydrogen) atoms. The molecule has 4 nitrogen and oxygen atoms in total. The second kappa shape index (κ2) is 4.70. The van der Waals surface area contributed by atoms with Crippen LogP contribution in [0, 0.1) is 0 Å². The number of thioether (sulfide) groups is 1. The van der Waals surface area contributed by atoms with Crippen LogP contribution >= 0.6 is 11.8 Å². The Morgan fingerprint density at radius 1 is 1.17 bits per heavy atom. The van der Waals surface area contributed by atoms with E-state index in [2.05, 4.69) is 15.0 Å². The van der Waals surface area contributed by atoms with Gasteiger partial charge in [-0.25, -0.2) is 9.97 Å². The van der Waals surface area contributed by atoms with E-state index < -0.39 is 0 Å². The number of nitrogens with two attached hydrogens (primary N) is 1. The molecule has 0 aliphatic heterocycles. The molecular weight excluding hydrogens is 244 g/mol. The Morgan fingerprint density at radius 2 is 2.06 bits per heavy atom. The van der Waals surface area contributed by atoms with Crippen LogP contribution < -0.4 is 5.73 Å². The second-order valence-corrected chi connectivity index (χ2v) is 4.96. The highest BCUT2D eigenvalue weighted by Crippen LogP contribution is 2.22. The number of imidazole rings is 1. The highest BCUT2D eigenvalue weighted by molar-refractivity contribution is 7.98. The minimum Gasteiger partial charge on any atom is -0.384 e. The number of fused-ring (bicyclic) bond motifs is 1. The summed E-state index contributed by atoms with van der Waals surface area (Å²) in [6.45, 7) is 0. The minimum atomic E-state index is 0.545. The first kappa shape index (κ1) is 11.1. The van der Waals surface area contributed by atoms with E-state index in [0.717, 1.165) is 27.5 Å². The molecule has 0 saturated carbocycles. The summed E-state index contributed by atoms with van der Waals surface area (Å²) in [6, 6.07) is 11.8. The molecule has 0 unspecified atom stereocenters. The third-order valence-corrected chi connectivity index (χ3v) is 3.57. The normalized spacial score (nSPS) is 10.9. The third-order valence-electron chi connectivity index (χ3n) is 2.57. The predicted octanol–water partition coefficient (Wildman–Crippen LogP) is 2.83. The fourth-order valence-electron chi connectivity index (χ4n) is 1.70. The van der Waals surface area contributed by atoms with Gasteiger partial charge in [-0.3, -0.25) is 0 Å². The molecule has 0 fully saturated rings. The van der Waals surface area contributed by atoms with Crippen molar-refractivity contribution in [2.45, 2.75) is 10.6 Å². The first-order chi connectivity index (χ1) is 8.81. The lowest BCUT2D eigenvalue weighted by atomic mass is 10.3. The van der Waals surface area contributed by atoms with Gasteiger partial charge in [-0.1, -0.05) is 12.1 Å². The lowest BCUT2D eigenvalue weighted by Gasteiger charge is -1.98. The molecule has 0 aliphatic carbocycles. The van der Waals surface area contributed by atoms with E-state index in [0.29, 0.717) is 5.82 Å². The SMILES string of the molecule is Nc1ccc(SCc2nc3ccccc3[nH]2)cn1. The zero-order chi connectivity index (χ0) is 12.4. The zero-order valence-electron chi connectivity index (χ0n) is 9.63. The lowest BCUT2D eigenvalue weighted by Crippen LogP contribution is -1.89. The van der Waals surface area contributed by atoms with Gasteiger partial charge >= 0.3 is 0 Å². The second-order valence-electron chi connectivity index (χ2n) is 3.91. The summed E-state index contributed by atoms with van der Waals surface area (Å²) in [4.78, 5) is 13.0. The Morgan fingerprint density at radius 3 is 2.83 bits per heavy atom. The number of rotatable bonds is 3. The Hall–Kier alpha value is -2.01. The Kier molecular flexibility index (Phi) is 2.90. The van der Waals surface area contributed by atoms with Crippen LogP contribution in [-0.4, -0.2) is 15.0 Å². The van der Waals surface area contributed by atoms with Crippen LogP contribution in [0.5, 0.6) is 0 Å². The van der Waals surface area contributed by atoms with E-state index in [9.17, 15) is 0 Å². The van der Waals surface area contributed by atoms with Crippen molar-refractivity contribution in [1.82, 2.24) is 15.0 Å². The van der Waals surface area contributed by atoms with Crippen molar-refractivity contribution < 1.29 is 0 Å². The van der Waals surface area contributed by atoms with Crippen LogP contribution in [0.25, 0.3) is 11.0 Å². The molecule has 3 aromatic rings. The summed E-state index contributed by atoms with van der Waals surface area (Å²) >= 11 is 1.69. The predicted molar refractivity (Wildman–Crippen MR) is 74.3 cm³/mol. The van der Waals surface area contributed by atoms with E-state index in [1.165, 1.54) is 0 Å². The number of pyridine rings is 1. The maximum Gasteiger partial charge on any atom is 0.123 e. The van der Waals surface area contributed by atoms with Crippen molar-refractivity contribution in [1.29, 1.82) is 0 Å². The Labute approximate surface area is 109 Å². The summed E-state index contributed by atoms with van der Waals surface area (Å²) in [5.74, 6) is 2.31. The van der Waals surface area contributed by atoms with Crippen LogP contribution in [0.4, 0.5) is 5.82 Å². The van der Waals surface area contributed by atoms with E-state index in [-0.39, 0.29) is 0 Å². The van der Waals surface area contributed by atoms with Gasteiger partial charge in [0.15, 0.2) is 0 Å². The smallest absolute Gasteiger partial charge is 0.123 e. The topological polar surface area (TPSA) is 67.6 Å². The number of nitrogens with zero attached hydrogens (tertiary/aromatic N) is 2. The molecule has 0 spiro atoms. The molecule has 3 N–H and O–H groups in total. The average Bonchev–Trinajstić information content (AvgIpc) is 2.81. The molecule has 2 aromatic heterocycles. The van der Waals surface area contributed by atoms with Gasteiger partial charge in [0, 0.05) is 11.1 Å². The van der Waals surface area contributed by atoms with Crippen molar-refractivity contribution in [2.75, 3.05) is 5.73 Å². The number of hydrogen-bond donors (Lipinski definition) is 2. The Balaban J connectivity index is 1.74. The number of aromatic amines is 1. The van der Waals surface area contributed by atoms with Crippen LogP contribution in [0.1, 0.15) is 5.82 Å². The van der Waals surface area contributed by atoms with Crippen LogP contribution in [0.3, 0.4) is 0 Å². The molecule has 0 atom stereocenters. The van der Waals surface area contributed by atoms with E-state index in [1.807, 2.05) is 30.3 Å². The standard InChI is InChI=1S/C13H12N4S/c14-12-6-5-9(7-15-12)18-8-13-16-10-3-1-2-4-11(10)17-13/h1-7H,8H2,(H2,14,15)(H,16,17). The summed E-state index contributed by atoms with van der Waals surface area (Å²) in [5.41, 5.74) is 7.62. The maximum atomic E-state index is 5.55. The van der Waals surface area contributed by atoms with Gasteiger partial charge in [0.1, 0.15) is 11.6 Å². The fraction of sp³-hybridized carbons (Fsp3) is 0.0769. The molecule has 5 heteroatoms. The van der Waals surface area contributed by atoms with Gasteiger partial charge < -0.3 is 10.7 Å². The minimum absolute atomic E-state index is 0.545.